The molecule has 0 bridgehead atoms. The van der Waals surface area contributed by atoms with Crippen molar-refractivity contribution in [3.8, 4) is 11.4 Å². The maximum atomic E-state index is 11.5. The van der Waals surface area contributed by atoms with Crippen molar-refractivity contribution in [2.75, 3.05) is 13.6 Å². The molecule has 0 saturated carbocycles. The Morgan fingerprint density at radius 3 is 2.75 bits per heavy atom. The van der Waals surface area contributed by atoms with E-state index < -0.39 is 0 Å². The number of likely N-dealkylation sites (N-methyl/N-ethyl adjacent to an activating group) is 1. The predicted molar refractivity (Wildman–Crippen MR) is 77.9 cm³/mol. The molecule has 1 aromatic carbocycles. The molecule has 0 saturated heterocycles. The average molecular weight is 339 g/mol. The van der Waals surface area contributed by atoms with E-state index in [1.807, 2.05) is 24.3 Å². The van der Waals surface area contributed by atoms with Gasteiger partial charge in [-0.05, 0) is 38.2 Å². The molecule has 2 rings (SSSR count). The molecule has 0 spiro atoms. The molecular weight excluding hydrogens is 324 g/mol. The van der Waals surface area contributed by atoms with Crippen LogP contribution in [-0.2, 0) is 4.79 Å². The van der Waals surface area contributed by atoms with Gasteiger partial charge < -0.3 is 15.2 Å². The van der Waals surface area contributed by atoms with Crippen molar-refractivity contribution in [2.24, 2.45) is 0 Å². The van der Waals surface area contributed by atoms with Gasteiger partial charge in [-0.2, -0.15) is 4.98 Å². The molecule has 0 fully saturated rings. The first kappa shape index (κ1) is 14.7. The Kier molecular flexibility index (Phi) is 4.86. The summed E-state index contributed by atoms with van der Waals surface area (Å²) in [6.07, 6.45) is 0. The Bertz CT molecular complexity index is 582. The summed E-state index contributed by atoms with van der Waals surface area (Å²) in [7, 11) is 1.71. The standard InChI is InChI=1S/C13H15BrN4O2/c1-8(16-11(19)7-15-2)13-17-12(18-20-13)9-3-5-10(14)6-4-9/h3-6,8,15H,7H2,1-2H3,(H,16,19). The number of halogens is 1. The van der Waals surface area contributed by atoms with Crippen LogP contribution in [0.1, 0.15) is 18.9 Å². The quantitative estimate of drug-likeness (QED) is 0.870. The summed E-state index contributed by atoms with van der Waals surface area (Å²) in [6.45, 7) is 2.05. The number of carbonyl (C=O) groups is 1. The Morgan fingerprint density at radius 2 is 2.10 bits per heavy atom. The van der Waals surface area contributed by atoms with Crippen molar-refractivity contribution in [2.45, 2.75) is 13.0 Å². The number of carbonyl (C=O) groups excluding carboxylic acids is 1. The SMILES string of the molecule is CNCC(=O)NC(C)c1nc(-c2ccc(Br)cc2)no1. The smallest absolute Gasteiger partial charge is 0.249 e. The third-order valence-electron chi connectivity index (χ3n) is 2.63. The van der Waals surface area contributed by atoms with Gasteiger partial charge in [0.25, 0.3) is 0 Å². The van der Waals surface area contributed by atoms with E-state index in [1.165, 1.54) is 0 Å². The van der Waals surface area contributed by atoms with Gasteiger partial charge in [0, 0.05) is 10.0 Å². The van der Waals surface area contributed by atoms with Crippen LogP contribution in [0.3, 0.4) is 0 Å². The van der Waals surface area contributed by atoms with Crippen molar-refractivity contribution >= 4 is 21.8 Å². The van der Waals surface area contributed by atoms with E-state index in [2.05, 4.69) is 36.7 Å². The van der Waals surface area contributed by atoms with Gasteiger partial charge in [0.05, 0.1) is 6.54 Å². The van der Waals surface area contributed by atoms with Crippen LogP contribution in [-0.4, -0.2) is 29.6 Å². The second kappa shape index (κ2) is 6.62. The zero-order chi connectivity index (χ0) is 14.5. The molecule has 2 aromatic rings. The second-order valence-corrected chi connectivity index (χ2v) is 5.20. The normalized spacial score (nSPS) is 12.2. The lowest BCUT2D eigenvalue weighted by atomic mass is 10.2. The monoisotopic (exact) mass is 338 g/mol. The largest absolute Gasteiger partial charge is 0.343 e. The highest BCUT2D eigenvalue weighted by molar-refractivity contribution is 9.10. The lowest BCUT2D eigenvalue weighted by Crippen LogP contribution is -2.34. The van der Waals surface area contributed by atoms with Crippen LogP contribution in [0.2, 0.25) is 0 Å². The maximum absolute atomic E-state index is 11.5. The van der Waals surface area contributed by atoms with Gasteiger partial charge in [0.15, 0.2) is 0 Å². The number of hydrogen-bond donors (Lipinski definition) is 2. The van der Waals surface area contributed by atoms with Crippen molar-refractivity contribution in [1.29, 1.82) is 0 Å². The molecule has 1 aromatic heterocycles. The maximum Gasteiger partial charge on any atom is 0.249 e. The molecule has 0 aliphatic carbocycles. The Hall–Kier alpha value is -1.73. The number of benzene rings is 1. The zero-order valence-electron chi connectivity index (χ0n) is 11.2. The summed E-state index contributed by atoms with van der Waals surface area (Å²) in [6, 6.07) is 7.27. The van der Waals surface area contributed by atoms with Crippen LogP contribution in [0, 0.1) is 0 Å². The topological polar surface area (TPSA) is 80.0 Å². The number of amides is 1. The molecule has 1 amide bonds. The summed E-state index contributed by atoms with van der Waals surface area (Å²) < 4.78 is 6.17. The van der Waals surface area contributed by atoms with E-state index in [1.54, 1.807) is 14.0 Å². The number of aromatic nitrogens is 2. The molecule has 0 aliphatic rings. The van der Waals surface area contributed by atoms with Gasteiger partial charge in [0.1, 0.15) is 6.04 Å². The van der Waals surface area contributed by atoms with Crippen LogP contribution >= 0.6 is 15.9 Å². The van der Waals surface area contributed by atoms with Crippen molar-refractivity contribution in [3.63, 3.8) is 0 Å². The number of nitrogens with zero attached hydrogens (tertiary/aromatic N) is 2. The van der Waals surface area contributed by atoms with E-state index in [0.717, 1.165) is 10.0 Å². The van der Waals surface area contributed by atoms with Crippen LogP contribution < -0.4 is 10.6 Å². The summed E-state index contributed by atoms with van der Waals surface area (Å²) in [5, 5.41) is 9.47. The van der Waals surface area contributed by atoms with E-state index in [-0.39, 0.29) is 18.5 Å². The first-order valence-corrected chi connectivity index (χ1v) is 6.93. The molecule has 1 unspecified atom stereocenters. The molecule has 2 N–H and O–H groups in total. The van der Waals surface area contributed by atoms with Crippen molar-refractivity contribution in [1.82, 2.24) is 20.8 Å². The first-order valence-electron chi connectivity index (χ1n) is 6.13. The minimum atomic E-state index is -0.326. The molecule has 0 aliphatic heterocycles. The van der Waals surface area contributed by atoms with Crippen LogP contribution in [0.15, 0.2) is 33.3 Å². The molecule has 6 nitrogen and oxygen atoms in total. The summed E-state index contributed by atoms with van der Waals surface area (Å²) in [5.74, 6) is 0.762. The number of rotatable bonds is 5. The highest BCUT2D eigenvalue weighted by Gasteiger charge is 2.16. The first-order chi connectivity index (χ1) is 9.60. The lowest BCUT2D eigenvalue weighted by Gasteiger charge is -2.08. The molecule has 0 radical (unpaired) electrons. The summed E-state index contributed by atoms with van der Waals surface area (Å²) in [4.78, 5) is 15.8. The Morgan fingerprint density at radius 1 is 1.40 bits per heavy atom. The second-order valence-electron chi connectivity index (χ2n) is 4.28. The fourth-order valence-electron chi connectivity index (χ4n) is 1.64. The van der Waals surface area contributed by atoms with Crippen LogP contribution in [0.4, 0.5) is 0 Å². The highest BCUT2D eigenvalue weighted by atomic mass is 79.9. The van der Waals surface area contributed by atoms with Crippen LogP contribution in [0.25, 0.3) is 11.4 Å². The highest BCUT2D eigenvalue weighted by Crippen LogP contribution is 2.20. The van der Waals surface area contributed by atoms with E-state index in [9.17, 15) is 4.79 Å². The third-order valence-corrected chi connectivity index (χ3v) is 3.16. The van der Waals surface area contributed by atoms with E-state index in [0.29, 0.717) is 11.7 Å². The van der Waals surface area contributed by atoms with Gasteiger partial charge in [-0.3, -0.25) is 4.79 Å². The predicted octanol–water partition coefficient (Wildman–Crippen LogP) is 1.90. The Labute approximate surface area is 125 Å². The summed E-state index contributed by atoms with van der Waals surface area (Å²) in [5.41, 5.74) is 0.858. The number of nitrogens with one attached hydrogen (secondary N) is 2. The molecule has 1 heterocycles. The molecule has 20 heavy (non-hydrogen) atoms. The third kappa shape index (κ3) is 3.64. The fourth-order valence-corrected chi connectivity index (χ4v) is 1.91. The number of hydrogen-bond acceptors (Lipinski definition) is 5. The molecule has 106 valence electrons. The molecule has 1 atom stereocenters. The van der Waals surface area contributed by atoms with Gasteiger partial charge in [-0.15, -0.1) is 0 Å². The van der Waals surface area contributed by atoms with Gasteiger partial charge >= 0.3 is 0 Å². The van der Waals surface area contributed by atoms with E-state index in [4.69, 9.17) is 4.52 Å². The minimum Gasteiger partial charge on any atom is -0.343 e. The Balaban J connectivity index is 2.08. The van der Waals surface area contributed by atoms with Gasteiger partial charge in [-0.25, -0.2) is 0 Å². The fraction of sp³-hybridized carbons (Fsp3) is 0.308. The van der Waals surface area contributed by atoms with Gasteiger partial charge in [-0.1, -0.05) is 21.1 Å². The summed E-state index contributed by atoms with van der Waals surface area (Å²) >= 11 is 3.37. The van der Waals surface area contributed by atoms with Gasteiger partial charge in [0.2, 0.25) is 17.6 Å². The van der Waals surface area contributed by atoms with Crippen molar-refractivity contribution < 1.29 is 9.32 Å². The molecule has 7 heteroatoms. The minimum absolute atomic E-state index is 0.122. The molecular formula is C13H15BrN4O2. The van der Waals surface area contributed by atoms with Crippen LogP contribution in [0.5, 0.6) is 0 Å². The lowest BCUT2D eigenvalue weighted by molar-refractivity contribution is -0.120. The zero-order valence-corrected chi connectivity index (χ0v) is 12.8. The average Bonchev–Trinajstić information content (AvgIpc) is 2.89. The van der Waals surface area contributed by atoms with E-state index >= 15 is 0 Å². The van der Waals surface area contributed by atoms with Crippen molar-refractivity contribution in [3.05, 3.63) is 34.6 Å².